The summed E-state index contributed by atoms with van der Waals surface area (Å²) in [6.07, 6.45) is 1.18. The molecule has 0 aliphatic heterocycles. The van der Waals surface area contributed by atoms with Gasteiger partial charge in [-0.2, -0.15) is 13.0 Å². The topological polar surface area (TPSA) is 87.7 Å². The van der Waals surface area contributed by atoms with Gasteiger partial charge in [0.05, 0.1) is 5.75 Å². The second-order valence-electron chi connectivity index (χ2n) is 5.16. The van der Waals surface area contributed by atoms with Crippen molar-refractivity contribution in [3.63, 3.8) is 0 Å². The fraction of sp³-hybridized carbons (Fsp3) is 0.312. The molecule has 0 aliphatic carbocycles. The van der Waals surface area contributed by atoms with E-state index in [9.17, 15) is 13.5 Å². The number of pyridine rings is 1. The summed E-state index contributed by atoms with van der Waals surface area (Å²) < 4.78 is 37.9. The summed E-state index contributed by atoms with van der Waals surface area (Å²) in [4.78, 5) is 0. The maximum Gasteiger partial charge on any atom is 0.265 e. The smallest absolute Gasteiger partial charge is 0.265 e. The van der Waals surface area contributed by atoms with Crippen molar-refractivity contribution in [3.8, 4) is 5.75 Å². The third-order valence-electron chi connectivity index (χ3n) is 3.24. The number of ether oxygens (including phenoxy) is 1. The molecule has 23 heavy (non-hydrogen) atoms. The van der Waals surface area contributed by atoms with Crippen LogP contribution in [0.4, 0.5) is 0 Å². The summed E-state index contributed by atoms with van der Waals surface area (Å²) in [7, 11) is -4.01. The quantitative estimate of drug-likeness (QED) is 0.550. The standard InChI is InChI=1S/C16H19NO5S/c18-15(13-22-16-7-2-1-3-8-16)12-17-10-5-4-6-14(17)9-11-23(19,20)21/h1-8,10,15,18H,9,11-13H2/p+1. The van der Waals surface area contributed by atoms with Gasteiger partial charge in [0.2, 0.25) is 0 Å². The molecule has 0 amide bonds. The van der Waals surface area contributed by atoms with Crippen LogP contribution < -0.4 is 9.30 Å². The zero-order valence-electron chi connectivity index (χ0n) is 12.6. The molecule has 2 aromatic rings. The lowest BCUT2D eigenvalue weighted by atomic mass is 10.2. The largest absolute Gasteiger partial charge is 0.491 e. The summed E-state index contributed by atoms with van der Waals surface area (Å²) in [6, 6.07) is 14.5. The van der Waals surface area contributed by atoms with Crippen LogP contribution in [0.25, 0.3) is 0 Å². The monoisotopic (exact) mass is 338 g/mol. The molecule has 6 nitrogen and oxygen atoms in total. The highest BCUT2D eigenvalue weighted by Gasteiger charge is 2.18. The lowest BCUT2D eigenvalue weighted by Gasteiger charge is -2.11. The predicted molar refractivity (Wildman–Crippen MR) is 84.7 cm³/mol. The van der Waals surface area contributed by atoms with Crippen LogP contribution in [0.3, 0.4) is 0 Å². The highest BCUT2D eigenvalue weighted by atomic mass is 32.2. The van der Waals surface area contributed by atoms with Crippen molar-refractivity contribution >= 4 is 10.1 Å². The van der Waals surface area contributed by atoms with Gasteiger partial charge in [0, 0.05) is 18.6 Å². The van der Waals surface area contributed by atoms with Gasteiger partial charge >= 0.3 is 0 Å². The Labute approximate surface area is 135 Å². The van der Waals surface area contributed by atoms with E-state index in [1.807, 2.05) is 18.2 Å². The number of benzene rings is 1. The van der Waals surface area contributed by atoms with E-state index < -0.39 is 16.2 Å². The van der Waals surface area contributed by atoms with Crippen LogP contribution in [0.15, 0.2) is 54.7 Å². The third kappa shape index (κ3) is 6.35. The number of aliphatic hydroxyl groups excluding tert-OH is 1. The van der Waals surface area contributed by atoms with Gasteiger partial charge in [-0.05, 0) is 12.1 Å². The first-order valence-electron chi connectivity index (χ1n) is 7.22. The average Bonchev–Trinajstić information content (AvgIpc) is 2.52. The summed E-state index contributed by atoms with van der Waals surface area (Å²) in [5, 5.41) is 10.1. The van der Waals surface area contributed by atoms with Gasteiger partial charge in [0.1, 0.15) is 18.5 Å². The molecular weight excluding hydrogens is 318 g/mol. The van der Waals surface area contributed by atoms with Crippen molar-refractivity contribution in [2.75, 3.05) is 12.4 Å². The van der Waals surface area contributed by atoms with Crippen molar-refractivity contribution in [3.05, 3.63) is 60.4 Å². The van der Waals surface area contributed by atoms with Crippen LogP contribution in [-0.4, -0.2) is 36.5 Å². The number of hydrogen-bond acceptors (Lipinski definition) is 4. The Morgan fingerprint density at radius 1 is 1.09 bits per heavy atom. The minimum atomic E-state index is -4.01. The van der Waals surface area contributed by atoms with Crippen LogP contribution in [-0.2, 0) is 23.1 Å². The molecule has 1 aromatic heterocycles. The Bertz CT molecular complexity index is 718. The fourth-order valence-corrected chi connectivity index (χ4v) is 2.61. The van der Waals surface area contributed by atoms with Crippen LogP contribution in [0.1, 0.15) is 5.69 Å². The van der Waals surface area contributed by atoms with Crippen molar-refractivity contribution in [1.29, 1.82) is 0 Å². The Balaban J connectivity index is 1.93. The molecule has 1 atom stereocenters. The van der Waals surface area contributed by atoms with Crippen LogP contribution in [0.5, 0.6) is 5.75 Å². The first-order valence-corrected chi connectivity index (χ1v) is 8.83. The van der Waals surface area contributed by atoms with E-state index in [0.29, 0.717) is 11.4 Å². The number of nitrogens with zero attached hydrogens (tertiary/aromatic N) is 1. The van der Waals surface area contributed by atoms with Crippen molar-refractivity contribution in [2.24, 2.45) is 0 Å². The summed E-state index contributed by atoms with van der Waals surface area (Å²) in [5.74, 6) is 0.323. The van der Waals surface area contributed by atoms with E-state index in [4.69, 9.17) is 9.29 Å². The molecule has 0 fully saturated rings. The third-order valence-corrected chi connectivity index (χ3v) is 3.96. The van der Waals surface area contributed by atoms with Gasteiger partial charge in [-0.25, -0.2) is 0 Å². The maximum absolute atomic E-state index is 10.9. The van der Waals surface area contributed by atoms with Crippen molar-refractivity contribution in [1.82, 2.24) is 0 Å². The molecule has 1 unspecified atom stereocenters. The summed E-state index contributed by atoms with van der Waals surface area (Å²) in [5.41, 5.74) is 0.712. The Morgan fingerprint density at radius 3 is 2.48 bits per heavy atom. The fourth-order valence-electron chi connectivity index (χ4n) is 2.14. The molecule has 124 valence electrons. The number of aliphatic hydroxyl groups is 1. The van der Waals surface area contributed by atoms with E-state index >= 15 is 0 Å². The molecule has 2 N–H and O–H groups in total. The lowest BCUT2D eigenvalue weighted by molar-refractivity contribution is -0.710. The zero-order valence-corrected chi connectivity index (χ0v) is 13.4. The molecule has 0 saturated heterocycles. The van der Waals surface area contributed by atoms with Crippen LogP contribution in [0.2, 0.25) is 0 Å². The first kappa shape index (κ1) is 17.4. The number of rotatable bonds is 8. The Kier molecular flexibility index (Phi) is 6.09. The van der Waals surface area contributed by atoms with Crippen LogP contribution >= 0.6 is 0 Å². The number of para-hydroxylation sites is 1. The summed E-state index contributed by atoms with van der Waals surface area (Å²) >= 11 is 0. The minimum absolute atomic E-state index is 0.129. The van der Waals surface area contributed by atoms with Crippen molar-refractivity contribution < 1.29 is 27.4 Å². The van der Waals surface area contributed by atoms with Gasteiger partial charge in [0.15, 0.2) is 18.4 Å². The molecular formula is C16H20NO5S+. The van der Waals surface area contributed by atoms with E-state index in [1.54, 1.807) is 41.1 Å². The predicted octanol–water partition coefficient (Wildman–Crippen LogP) is 0.844. The highest BCUT2D eigenvalue weighted by Crippen LogP contribution is 2.08. The second kappa shape index (κ2) is 8.05. The number of aryl methyl sites for hydroxylation is 1. The molecule has 7 heteroatoms. The molecule has 2 rings (SSSR count). The van der Waals surface area contributed by atoms with Gasteiger partial charge in [-0.3, -0.25) is 4.55 Å². The Morgan fingerprint density at radius 2 is 1.78 bits per heavy atom. The molecule has 0 saturated carbocycles. The van der Waals surface area contributed by atoms with Gasteiger partial charge < -0.3 is 9.84 Å². The normalized spacial score (nSPS) is 12.8. The number of hydrogen-bond donors (Lipinski definition) is 2. The minimum Gasteiger partial charge on any atom is -0.491 e. The lowest BCUT2D eigenvalue weighted by Crippen LogP contribution is -2.45. The van der Waals surface area contributed by atoms with Crippen molar-refractivity contribution in [2.45, 2.75) is 19.1 Å². The van der Waals surface area contributed by atoms with Gasteiger partial charge in [-0.15, -0.1) is 0 Å². The molecule has 1 aromatic carbocycles. The number of aromatic nitrogens is 1. The maximum atomic E-state index is 10.9. The van der Waals surface area contributed by atoms with E-state index in [-0.39, 0.29) is 25.3 Å². The SMILES string of the molecule is O=S(=O)(O)CCc1cccc[n+]1CC(O)COc1ccccc1. The molecule has 1 heterocycles. The first-order chi connectivity index (χ1) is 10.9. The van der Waals surface area contributed by atoms with E-state index in [1.165, 1.54) is 0 Å². The summed E-state index contributed by atoms with van der Waals surface area (Å²) in [6.45, 7) is 0.401. The van der Waals surface area contributed by atoms with E-state index in [0.717, 1.165) is 0 Å². The highest BCUT2D eigenvalue weighted by molar-refractivity contribution is 7.85. The molecule has 0 radical (unpaired) electrons. The molecule has 0 spiro atoms. The van der Waals surface area contributed by atoms with Crippen LogP contribution in [0, 0.1) is 0 Å². The van der Waals surface area contributed by atoms with Gasteiger partial charge in [-0.1, -0.05) is 24.3 Å². The second-order valence-corrected chi connectivity index (χ2v) is 6.73. The van der Waals surface area contributed by atoms with E-state index in [2.05, 4.69) is 0 Å². The Hall–Kier alpha value is -1.96. The molecule has 0 aliphatic rings. The molecule has 0 bridgehead atoms. The van der Waals surface area contributed by atoms with Gasteiger partial charge in [0.25, 0.3) is 10.1 Å². The average molecular weight is 338 g/mol. The zero-order chi connectivity index (χ0) is 16.7.